The van der Waals surface area contributed by atoms with Gasteiger partial charge < -0.3 is 54.8 Å². The molecule has 4 aliphatic heterocycles. The Hall–Kier alpha value is -5.77. The second-order valence-electron chi connectivity index (χ2n) is 18.8. The second kappa shape index (κ2) is 21.1. The number of carbonyl (C=O) groups excluding carboxylic acids is 1. The molecule has 23 nitrogen and oxygen atoms in total. The first-order valence-electron chi connectivity index (χ1n) is 23.5. The molecule has 0 unspecified atom stereocenters. The maximum Gasteiger partial charge on any atom is 0.410 e. The lowest BCUT2D eigenvalue weighted by atomic mass is 10.1. The number of ether oxygens (including phenoxy) is 4. The number of anilines is 5. The summed E-state index contributed by atoms with van der Waals surface area (Å²) >= 11 is 12.5. The zero-order valence-electron chi connectivity index (χ0n) is 40.9. The van der Waals surface area contributed by atoms with Crippen LogP contribution in [-0.2, 0) is 34.3 Å². The van der Waals surface area contributed by atoms with Crippen LogP contribution >= 0.6 is 23.2 Å². The summed E-state index contributed by atoms with van der Waals surface area (Å²) in [6.07, 6.45) is -0.908. The van der Waals surface area contributed by atoms with Crippen LogP contribution < -0.4 is 47.7 Å². The Morgan fingerprint density at radius 1 is 0.784 bits per heavy atom. The second-order valence-corrected chi connectivity index (χ2v) is 23.4. The van der Waals surface area contributed by atoms with Gasteiger partial charge in [-0.1, -0.05) is 30.1 Å². The van der Waals surface area contributed by atoms with Crippen LogP contribution in [0.1, 0.15) is 58.6 Å². The minimum absolute atomic E-state index is 0.0245. The number of rotatable bonds is 14. The molecule has 27 heteroatoms. The van der Waals surface area contributed by atoms with Gasteiger partial charge in [-0.25, -0.2) is 21.6 Å². The average Bonchev–Trinajstić information content (AvgIpc) is 4.12. The molecule has 4 aromatic carbocycles. The third-order valence-electron chi connectivity index (χ3n) is 12.7. The van der Waals surface area contributed by atoms with Crippen molar-refractivity contribution >= 4 is 77.8 Å². The van der Waals surface area contributed by atoms with E-state index in [1.165, 1.54) is 33.5 Å². The molecule has 0 bridgehead atoms. The number of aromatic hydroxyl groups is 2. The van der Waals surface area contributed by atoms with Crippen LogP contribution in [-0.4, -0.2) is 136 Å². The van der Waals surface area contributed by atoms with Gasteiger partial charge in [0.1, 0.15) is 44.0 Å². The van der Waals surface area contributed by atoms with E-state index < -0.39 is 86.9 Å². The van der Waals surface area contributed by atoms with Gasteiger partial charge >= 0.3 is 6.09 Å². The van der Waals surface area contributed by atoms with Crippen LogP contribution in [0, 0.1) is 6.92 Å². The molecule has 5 atom stereocenters. The van der Waals surface area contributed by atoms with E-state index in [0.717, 1.165) is 4.31 Å². The molecule has 1 aromatic heterocycles. The molecule has 6 N–H and O–H groups in total. The van der Waals surface area contributed by atoms with E-state index in [-0.39, 0.29) is 108 Å². The molecule has 0 aliphatic carbocycles. The largest absolute Gasteiger partial charge is 0.504 e. The summed E-state index contributed by atoms with van der Waals surface area (Å²) in [4.78, 5) is 61.7. The number of nitrogens with one attached hydrogen (secondary N) is 4. The van der Waals surface area contributed by atoms with Crippen molar-refractivity contribution < 1.29 is 55.2 Å². The highest BCUT2D eigenvalue weighted by atomic mass is 35.5. The van der Waals surface area contributed by atoms with Crippen molar-refractivity contribution in [2.24, 2.45) is 0 Å². The zero-order valence-corrected chi connectivity index (χ0v) is 44.1. The molecule has 0 spiro atoms. The Kier molecular flexibility index (Phi) is 15.5. The van der Waals surface area contributed by atoms with Crippen LogP contribution in [0.3, 0.4) is 0 Å². The number of halogens is 2. The van der Waals surface area contributed by atoms with Crippen molar-refractivity contribution in [1.82, 2.24) is 18.8 Å². The Morgan fingerprint density at radius 2 is 1.35 bits per heavy atom. The van der Waals surface area contributed by atoms with E-state index in [1.807, 2.05) is 6.92 Å². The molecule has 5 heterocycles. The van der Waals surface area contributed by atoms with Crippen LogP contribution in [0.5, 0.6) is 17.2 Å². The topological polar surface area (TPSA) is 302 Å². The third-order valence-corrected chi connectivity index (χ3v) is 17.4. The van der Waals surface area contributed by atoms with E-state index >= 15 is 0 Å². The summed E-state index contributed by atoms with van der Waals surface area (Å²) in [6, 6.07) is 7.63. The highest BCUT2D eigenvalue weighted by Crippen LogP contribution is 2.43. The van der Waals surface area contributed by atoms with Crippen LogP contribution in [0.4, 0.5) is 33.2 Å². The van der Waals surface area contributed by atoms with Crippen LogP contribution in [0.25, 0.3) is 0 Å². The number of benzene rings is 2. The van der Waals surface area contributed by atoms with Gasteiger partial charge in [-0.05, 0) is 77.4 Å². The predicted octanol–water partition coefficient (Wildman–Crippen LogP) is 4.00. The van der Waals surface area contributed by atoms with Crippen molar-refractivity contribution in [3.63, 3.8) is 0 Å². The zero-order chi connectivity index (χ0) is 53.8. The molecular weight excluding hydrogens is 1050 g/mol. The van der Waals surface area contributed by atoms with Gasteiger partial charge in [-0.2, -0.15) is 8.61 Å². The number of hydrogen-bond donors (Lipinski definition) is 6. The van der Waals surface area contributed by atoms with Gasteiger partial charge in [0, 0.05) is 45.3 Å². The first-order chi connectivity index (χ1) is 34.9. The number of phenols is 2. The van der Waals surface area contributed by atoms with Crippen molar-refractivity contribution in [2.75, 3.05) is 75.0 Å². The highest BCUT2D eigenvalue weighted by molar-refractivity contribution is 7.89. The number of hydrogen-bond acceptors (Lipinski definition) is 20. The number of sulfonamides is 2. The van der Waals surface area contributed by atoms with Gasteiger partial charge in [-0.3, -0.25) is 24.1 Å². The van der Waals surface area contributed by atoms with E-state index in [0.29, 0.717) is 31.1 Å². The normalized spacial score (nSPS) is 20.9. The predicted molar refractivity (Wildman–Crippen MR) is 272 cm³/mol. The smallest absolute Gasteiger partial charge is 0.410 e. The SMILES string of the molecule is CCOc1c(Nc2ccc(Cl)c(S(=O)(=O)N3C[C@@H]4[C@@H](C3)OCCN4C(=O)OC(C)(C)C)c2O)c(=O)c1=O.CC[C@@H](Nc1c(Nc2ccc(Cl)c(S(=O)(=O)N3C[C@H]4NCCO[C@@H]4C3)c2O)c(=O)c1=O)c1ccc(C)o1. The van der Waals surface area contributed by atoms with Gasteiger partial charge in [0.2, 0.25) is 20.0 Å². The quantitative estimate of drug-likeness (QED) is 0.0676. The summed E-state index contributed by atoms with van der Waals surface area (Å²) in [7, 11) is -8.59. The lowest BCUT2D eigenvalue weighted by Gasteiger charge is -2.37. The Balaban J connectivity index is 0.000000197. The minimum atomic E-state index is -4.38. The number of furan rings is 1. The van der Waals surface area contributed by atoms with Crippen molar-refractivity contribution in [2.45, 2.75) is 93.7 Å². The molecule has 0 radical (unpaired) electrons. The number of aryl methyl sites for hydroxylation is 1. The average molecular weight is 1110 g/mol. The standard InChI is InChI=1S/C24H27ClN4O7S.C23H28ClN3O9S/c1-3-14(17-7-4-12(2)36-17)27-19-20(23(32)22(19)31)28-15-6-5-13(25)24(21(15)30)37(33,34)29-10-16-18(11-29)35-9-8-26-16;1-5-34-20-16(18(29)19(20)30)25-13-7-6-12(24)21(17(13)28)37(32,33)26-10-14-15(11-26)35-9-8-27(14)22(31)36-23(2,3)4/h4-7,14,16,18,26-28,30H,3,8-11H2,1-2H3;6-7,14-15,25,28H,5,8-11H2,1-4H3/t14-,16-,18-;14-,15-/m11/s1. The van der Waals surface area contributed by atoms with E-state index in [2.05, 4.69) is 21.3 Å². The molecule has 400 valence electrons. The summed E-state index contributed by atoms with van der Waals surface area (Å²) in [5.41, 5.74) is -4.41. The summed E-state index contributed by atoms with van der Waals surface area (Å²) in [5.74, 6) is -0.273. The molecule has 1 amide bonds. The van der Waals surface area contributed by atoms with E-state index in [4.69, 9.17) is 46.6 Å². The maximum absolute atomic E-state index is 13.6. The summed E-state index contributed by atoms with van der Waals surface area (Å²) in [6.45, 7) is 12.3. The van der Waals surface area contributed by atoms with Crippen LogP contribution in [0.15, 0.2) is 69.8 Å². The van der Waals surface area contributed by atoms with Crippen LogP contribution in [0.2, 0.25) is 10.0 Å². The summed E-state index contributed by atoms with van der Waals surface area (Å²) in [5, 5.41) is 33.0. The monoisotopic (exact) mass is 1110 g/mol. The Bertz CT molecular complexity index is 3330. The molecule has 9 rings (SSSR count). The van der Waals surface area contributed by atoms with E-state index in [9.17, 15) is 51.0 Å². The number of amides is 1. The first kappa shape index (κ1) is 54.5. The molecule has 4 aliphatic rings. The maximum atomic E-state index is 13.6. The fraction of sp³-hybridized carbons (Fsp3) is 0.468. The first-order valence-corrected chi connectivity index (χ1v) is 27.2. The van der Waals surface area contributed by atoms with Gasteiger partial charge in [0.05, 0.1) is 65.5 Å². The van der Waals surface area contributed by atoms with Gasteiger partial charge in [-0.15, -0.1) is 0 Å². The molecule has 4 saturated heterocycles. The highest BCUT2D eigenvalue weighted by Gasteiger charge is 2.48. The Morgan fingerprint density at radius 3 is 1.92 bits per heavy atom. The van der Waals surface area contributed by atoms with Crippen molar-refractivity contribution in [3.05, 3.63) is 98.9 Å². The number of nitrogens with zero attached hydrogens (tertiary/aromatic N) is 3. The number of fused-ring (bicyclic) bond motifs is 2. The number of morpholine rings is 2. The molecule has 4 fully saturated rings. The third kappa shape index (κ3) is 10.4. The van der Waals surface area contributed by atoms with Gasteiger partial charge in [0.15, 0.2) is 17.2 Å². The lowest BCUT2D eigenvalue weighted by Crippen LogP contribution is -2.54. The molecule has 74 heavy (non-hydrogen) atoms. The summed E-state index contributed by atoms with van der Waals surface area (Å²) < 4.78 is 84.2. The van der Waals surface area contributed by atoms with E-state index in [1.54, 1.807) is 46.8 Å². The van der Waals surface area contributed by atoms with Crippen molar-refractivity contribution in [3.8, 4) is 17.2 Å². The molecule has 5 aromatic rings. The fourth-order valence-electron chi connectivity index (χ4n) is 9.07. The molecular formula is C47H55Cl2N7O16S2. The Labute approximate surface area is 434 Å². The minimum Gasteiger partial charge on any atom is -0.504 e. The molecule has 0 saturated carbocycles. The lowest BCUT2D eigenvalue weighted by molar-refractivity contribution is -0.0568. The fourth-order valence-corrected chi connectivity index (χ4v) is 13.2. The number of carbonyl (C=O) groups is 1. The number of phenolic OH excluding ortho intramolecular Hbond substituents is 2. The van der Waals surface area contributed by atoms with Crippen molar-refractivity contribution in [1.29, 1.82) is 0 Å². The van der Waals surface area contributed by atoms with Gasteiger partial charge in [0.25, 0.3) is 21.7 Å².